The molecule has 0 atom stereocenters. The van der Waals surface area contributed by atoms with Crippen molar-refractivity contribution < 1.29 is 0 Å². The number of nitrogens with zero attached hydrogens (tertiary/aromatic N) is 1. The summed E-state index contributed by atoms with van der Waals surface area (Å²) in [4.78, 5) is 2.35. The van der Waals surface area contributed by atoms with E-state index in [1.54, 1.807) is 0 Å². The van der Waals surface area contributed by atoms with Gasteiger partial charge >= 0.3 is 0 Å². The highest BCUT2D eigenvalue weighted by molar-refractivity contribution is 5.21. The quantitative estimate of drug-likeness (QED) is 0.741. The van der Waals surface area contributed by atoms with Gasteiger partial charge in [-0.15, -0.1) is 0 Å². The average molecular weight is 220 g/mol. The molecule has 0 saturated heterocycles. The van der Waals surface area contributed by atoms with Crippen LogP contribution < -0.4 is 5.32 Å². The summed E-state index contributed by atoms with van der Waals surface area (Å²) >= 11 is 0. The molecule has 0 radical (unpaired) electrons. The summed E-state index contributed by atoms with van der Waals surface area (Å²) in [6.07, 6.45) is 0. The Kier molecular flexibility index (Phi) is 5.50. The fraction of sp³-hybridized carbons (Fsp3) is 0.571. The van der Waals surface area contributed by atoms with Crippen LogP contribution in [0.15, 0.2) is 24.3 Å². The van der Waals surface area contributed by atoms with E-state index in [0.29, 0.717) is 6.04 Å². The zero-order chi connectivity index (χ0) is 12.0. The highest BCUT2D eigenvalue weighted by Crippen LogP contribution is 2.03. The molecular weight excluding hydrogens is 196 g/mol. The lowest BCUT2D eigenvalue weighted by Crippen LogP contribution is -2.33. The Balaban J connectivity index is 2.21. The third-order valence-corrected chi connectivity index (χ3v) is 2.93. The number of likely N-dealkylation sites (N-methyl/N-ethyl adjacent to an activating group) is 1. The molecule has 1 N–H and O–H groups in total. The van der Waals surface area contributed by atoms with Crippen molar-refractivity contribution in [1.82, 2.24) is 10.2 Å². The molecule has 0 bridgehead atoms. The van der Waals surface area contributed by atoms with Crippen LogP contribution in [0.2, 0.25) is 0 Å². The lowest BCUT2D eigenvalue weighted by molar-refractivity contribution is 0.273. The molecule has 1 aromatic rings. The maximum atomic E-state index is 3.47. The Bertz CT molecular complexity index is 307. The van der Waals surface area contributed by atoms with Gasteiger partial charge in [0.15, 0.2) is 0 Å². The molecule has 0 amide bonds. The molecule has 2 heteroatoms. The fourth-order valence-electron chi connectivity index (χ4n) is 1.57. The molecule has 90 valence electrons. The van der Waals surface area contributed by atoms with E-state index in [9.17, 15) is 0 Å². The van der Waals surface area contributed by atoms with Crippen LogP contribution in [-0.4, -0.2) is 31.1 Å². The predicted molar refractivity (Wildman–Crippen MR) is 70.7 cm³/mol. The number of rotatable bonds is 6. The van der Waals surface area contributed by atoms with Gasteiger partial charge < -0.3 is 10.2 Å². The molecule has 1 aromatic carbocycles. The lowest BCUT2D eigenvalue weighted by atomic mass is 10.1. The first-order valence-corrected chi connectivity index (χ1v) is 6.06. The third kappa shape index (κ3) is 4.77. The second kappa shape index (κ2) is 6.66. The fourth-order valence-corrected chi connectivity index (χ4v) is 1.57. The van der Waals surface area contributed by atoms with Crippen LogP contribution in [0.1, 0.15) is 25.0 Å². The summed E-state index contributed by atoms with van der Waals surface area (Å²) in [5.74, 6) is 0. The van der Waals surface area contributed by atoms with E-state index in [4.69, 9.17) is 0 Å². The van der Waals surface area contributed by atoms with Gasteiger partial charge in [0, 0.05) is 25.7 Å². The van der Waals surface area contributed by atoms with Gasteiger partial charge in [0.1, 0.15) is 0 Å². The van der Waals surface area contributed by atoms with Gasteiger partial charge in [-0.05, 0) is 33.4 Å². The van der Waals surface area contributed by atoms with Crippen LogP contribution in [0.4, 0.5) is 0 Å². The summed E-state index contributed by atoms with van der Waals surface area (Å²) in [6, 6.07) is 9.29. The molecule has 2 nitrogen and oxygen atoms in total. The molecule has 0 saturated carbocycles. The van der Waals surface area contributed by atoms with E-state index in [-0.39, 0.29) is 0 Å². The van der Waals surface area contributed by atoms with Gasteiger partial charge in [0.05, 0.1) is 0 Å². The van der Waals surface area contributed by atoms with Gasteiger partial charge in [0.25, 0.3) is 0 Å². The van der Waals surface area contributed by atoms with Crippen molar-refractivity contribution in [2.45, 2.75) is 33.4 Å². The largest absolute Gasteiger partial charge is 0.311 e. The zero-order valence-electron chi connectivity index (χ0n) is 11.0. The second-order valence-electron chi connectivity index (χ2n) is 4.74. The number of benzene rings is 1. The van der Waals surface area contributed by atoms with Gasteiger partial charge in [-0.2, -0.15) is 0 Å². The molecule has 1 rings (SSSR count). The maximum absolute atomic E-state index is 3.47. The summed E-state index contributed by atoms with van der Waals surface area (Å²) < 4.78 is 0. The van der Waals surface area contributed by atoms with Gasteiger partial charge in [-0.1, -0.05) is 29.8 Å². The minimum absolute atomic E-state index is 0.626. The van der Waals surface area contributed by atoms with E-state index < -0.39 is 0 Å². The summed E-state index contributed by atoms with van der Waals surface area (Å²) in [7, 11) is 2.17. The van der Waals surface area contributed by atoms with Crippen molar-refractivity contribution in [3.8, 4) is 0 Å². The Labute approximate surface area is 99.7 Å². The normalized spacial score (nSPS) is 11.4. The van der Waals surface area contributed by atoms with E-state index in [1.807, 2.05) is 0 Å². The molecule has 16 heavy (non-hydrogen) atoms. The third-order valence-electron chi connectivity index (χ3n) is 2.93. The molecule has 0 fully saturated rings. The lowest BCUT2D eigenvalue weighted by Gasteiger charge is -2.20. The molecule has 0 aliphatic rings. The minimum Gasteiger partial charge on any atom is -0.311 e. The molecular formula is C14H24N2. The molecule has 0 aliphatic carbocycles. The monoisotopic (exact) mass is 220 g/mol. The first kappa shape index (κ1) is 13.2. The van der Waals surface area contributed by atoms with Crippen LogP contribution >= 0.6 is 0 Å². The highest BCUT2D eigenvalue weighted by Gasteiger charge is 2.01. The maximum Gasteiger partial charge on any atom is 0.0206 e. The van der Waals surface area contributed by atoms with Crippen LogP contribution in [-0.2, 0) is 6.54 Å². The van der Waals surface area contributed by atoms with Crippen LogP contribution in [0.3, 0.4) is 0 Å². The zero-order valence-corrected chi connectivity index (χ0v) is 11.0. The SMILES string of the molecule is Cc1cccc(CNCCN(C)C(C)C)c1. The van der Waals surface area contributed by atoms with Crippen molar-refractivity contribution in [3.05, 3.63) is 35.4 Å². The van der Waals surface area contributed by atoms with E-state index in [2.05, 4.69) is 62.3 Å². The molecule has 0 aromatic heterocycles. The minimum atomic E-state index is 0.626. The number of hydrogen-bond acceptors (Lipinski definition) is 2. The Morgan fingerprint density at radius 2 is 2.06 bits per heavy atom. The van der Waals surface area contributed by atoms with E-state index in [0.717, 1.165) is 19.6 Å². The Morgan fingerprint density at radius 1 is 1.31 bits per heavy atom. The molecule has 0 unspecified atom stereocenters. The predicted octanol–water partition coefficient (Wildman–Crippen LogP) is 2.42. The van der Waals surface area contributed by atoms with E-state index in [1.165, 1.54) is 11.1 Å². The average Bonchev–Trinajstić information content (AvgIpc) is 2.24. The van der Waals surface area contributed by atoms with Crippen molar-refractivity contribution in [2.24, 2.45) is 0 Å². The second-order valence-corrected chi connectivity index (χ2v) is 4.74. The van der Waals surface area contributed by atoms with Crippen LogP contribution in [0.25, 0.3) is 0 Å². The number of aryl methyl sites for hydroxylation is 1. The van der Waals surface area contributed by atoms with Crippen LogP contribution in [0, 0.1) is 6.92 Å². The van der Waals surface area contributed by atoms with Crippen molar-refractivity contribution in [2.75, 3.05) is 20.1 Å². The topological polar surface area (TPSA) is 15.3 Å². The van der Waals surface area contributed by atoms with Gasteiger partial charge in [-0.3, -0.25) is 0 Å². The Hall–Kier alpha value is -0.860. The standard InChI is InChI=1S/C14H24N2/c1-12(2)16(4)9-8-15-11-14-7-5-6-13(3)10-14/h5-7,10,12,15H,8-9,11H2,1-4H3. The first-order valence-electron chi connectivity index (χ1n) is 6.06. The van der Waals surface area contributed by atoms with E-state index >= 15 is 0 Å². The smallest absolute Gasteiger partial charge is 0.0206 e. The molecule has 0 heterocycles. The Morgan fingerprint density at radius 3 is 2.69 bits per heavy atom. The van der Waals surface area contributed by atoms with Crippen molar-refractivity contribution in [3.63, 3.8) is 0 Å². The molecule has 0 spiro atoms. The number of hydrogen-bond donors (Lipinski definition) is 1. The van der Waals surface area contributed by atoms with Gasteiger partial charge in [-0.25, -0.2) is 0 Å². The molecule has 0 aliphatic heterocycles. The highest BCUT2D eigenvalue weighted by atomic mass is 15.1. The van der Waals surface area contributed by atoms with Crippen LogP contribution in [0.5, 0.6) is 0 Å². The van der Waals surface area contributed by atoms with Crippen molar-refractivity contribution in [1.29, 1.82) is 0 Å². The van der Waals surface area contributed by atoms with Gasteiger partial charge in [0.2, 0.25) is 0 Å². The number of nitrogens with one attached hydrogen (secondary N) is 1. The first-order chi connectivity index (χ1) is 7.59. The summed E-state index contributed by atoms with van der Waals surface area (Å²) in [5, 5.41) is 3.47. The summed E-state index contributed by atoms with van der Waals surface area (Å²) in [5.41, 5.74) is 2.70. The van der Waals surface area contributed by atoms with Crippen molar-refractivity contribution >= 4 is 0 Å². The summed E-state index contributed by atoms with van der Waals surface area (Å²) in [6.45, 7) is 9.69.